The molecule has 2 aromatic heterocycles. The molecule has 86 valence electrons. The van der Waals surface area contributed by atoms with E-state index >= 15 is 0 Å². The lowest BCUT2D eigenvalue weighted by atomic mass is 10.1. The second kappa shape index (κ2) is 4.30. The smallest absolute Gasteiger partial charge is 0.224 e. The summed E-state index contributed by atoms with van der Waals surface area (Å²) in [6.45, 7) is 0. The molecule has 2 aromatic rings. The van der Waals surface area contributed by atoms with Gasteiger partial charge in [-0.1, -0.05) is 17.7 Å². The molecule has 0 atom stereocenters. The van der Waals surface area contributed by atoms with Gasteiger partial charge >= 0.3 is 0 Å². The second-order valence-corrected chi connectivity index (χ2v) is 4.42. The number of nitrogens with zero attached hydrogens (tertiary/aromatic N) is 3. The van der Waals surface area contributed by atoms with E-state index in [4.69, 9.17) is 11.6 Å². The van der Waals surface area contributed by atoms with Crippen LogP contribution in [0.1, 0.15) is 12.8 Å². The van der Waals surface area contributed by atoms with E-state index in [2.05, 4.69) is 20.3 Å². The summed E-state index contributed by atoms with van der Waals surface area (Å²) in [5.74, 6) is 0.602. The van der Waals surface area contributed by atoms with Crippen LogP contribution in [-0.2, 0) is 0 Å². The van der Waals surface area contributed by atoms with Crippen molar-refractivity contribution in [1.29, 1.82) is 0 Å². The zero-order valence-electron chi connectivity index (χ0n) is 9.10. The van der Waals surface area contributed by atoms with Crippen LogP contribution in [0.3, 0.4) is 0 Å². The summed E-state index contributed by atoms with van der Waals surface area (Å²) in [7, 11) is 0. The fraction of sp³-hybridized carbons (Fsp3) is 0.250. The summed E-state index contributed by atoms with van der Waals surface area (Å²) in [5, 5.41) is 3.67. The highest BCUT2D eigenvalue weighted by Gasteiger charge is 2.22. The van der Waals surface area contributed by atoms with E-state index in [0.717, 1.165) is 11.1 Å². The standard InChI is InChI=1S/C12H11ClN4/c13-11-10(8-2-1-5-14-6-8)7-15-12(17-11)16-9-3-4-9/h1-2,5-7,9H,3-4H2,(H,15,16,17). The van der Waals surface area contributed by atoms with Gasteiger partial charge in [0.1, 0.15) is 5.15 Å². The molecule has 0 spiro atoms. The van der Waals surface area contributed by atoms with Crippen LogP contribution in [0, 0.1) is 0 Å². The number of anilines is 1. The van der Waals surface area contributed by atoms with E-state index in [1.165, 1.54) is 12.8 Å². The predicted octanol–water partition coefficient (Wildman–Crippen LogP) is 2.77. The largest absolute Gasteiger partial charge is 0.351 e. The van der Waals surface area contributed by atoms with Crippen LogP contribution < -0.4 is 5.32 Å². The highest BCUT2D eigenvalue weighted by Crippen LogP contribution is 2.27. The number of nitrogens with one attached hydrogen (secondary N) is 1. The number of hydrogen-bond acceptors (Lipinski definition) is 4. The minimum Gasteiger partial charge on any atom is -0.351 e. The molecule has 1 fully saturated rings. The van der Waals surface area contributed by atoms with Crippen molar-refractivity contribution in [3.63, 3.8) is 0 Å². The molecule has 1 N–H and O–H groups in total. The SMILES string of the molecule is Clc1nc(NC2CC2)ncc1-c1cccnc1. The normalized spacial score (nSPS) is 14.6. The van der Waals surface area contributed by atoms with Gasteiger partial charge in [0.2, 0.25) is 5.95 Å². The zero-order valence-corrected chi connectivity index (χ0v) is 9.85. The molecule has 1 aliphatic rings. The summed E-state index contributed by atoms with van der Waals surface area (Å²) >= 11 is 6.15. The minimum absolute atomic E-state index is 0.455. The first-order chi connectivity index (χ1) is 8.33. The van der Waals surface area contributed by atoms with Crippen molar-refractivity contribution in [3.05, 3.63) is 35.9 Å². The molecule has 5 heteroatoms. The van der Waals surface area contributed by atoms with Crippen LogP contribution >= 0.6 is 11.6 Å². The van der Waals surface area contributed by atoms with Crippen LogP contribution in [0.5, 0.6) is 0 Å². The lowest BCUT2D eigenvalue weighted by molar-refractivity contribution is 1.05. The number of rotatable bonds is 3. The Hall–Kier alpha value is -1.68. The van der Waals surface area contributed by atoms with Gasteiger partial charge < -0.3 is 5.32 Å². The van der Waals surface area contributed by atoms with Crippen LogP contribution in [0.4, 0.5) is 5.95 Å². The summed E-state index contributed by atoms with van der Waals surface area (Å²) < 4.78 is 0. The van der Waals surface area contributed by atoms with Crippen molar-refractivity contribution in [2.24, 2.45) is 0 Å². The molecule has 3 rings (SSSR count). The molecular weight excluding hydrogens is 236 g/mol. The van der Waals surface area contributed by atoms with Gasteiger partial charge in [-0.3, -0.25) is 4.98 Å². The number of aromatic nitrogens is 3. The van der Waals surface area contributed by atoms with Gasteiger partial charge in [0.25, 0.3) is 0 Å². The van der Waals surface area contributed by atoms with Crippen LogP contribution in [-0.4, -0.2) is 21.0 Å². The van der Waals surface area contributed by atoms with Crippen LogP contribution in [0.15, 0.2) is 30.7 Å². The molecule has 1 saturated carbocycles. The van der Waals surface area contributed by atoms with Gasteiger partial charge in [-0.25, -0.2) is 9.97 Å². The van der Waals surface area contributed by atoms with Gasteiger partial charge in [-0.15, -0.1) is 0 Å². The Morgan fingerprint density at radius 2 is 2.18 bits per heavy atom. The van der Waals surface area contributed by atoms with Gasteiger partial charge in [-0.05, 0) is 18.9 Å². The van der Waals surface area contributed by atoms with Gasteiger partial charge in [0, 0.05) is 35.8 Å². The molecule has 17 heavy (non-hydrogen) atoms. The van der Waals surface area contributed by atoms with Crippen molar-refractivity contribution in [2.45, 2.75) is 18.9 Å². The topological polar surface area (TPSA) is 50.7 Å². The molecule has 0 bridgehead atoms. The Morgan fingerprint density at radius 1 is 1.29 bits per heavy atom. The maximum absolute atomic E-state index is 6.15. The molecule has 0 radical (unpaired) electrons. The molecule has 0 aliphatic heterocycles. The number of halogens is 1. The minimum atomic E-state index is 0.455. The first kappa shape index (κ1) is 10.5. The second-order valence-electron chi connectivity index (χ2n) is 4.06. The molecule has 0 saturated heterocycles. The fourth-order valence-corrected chi connectivity index (χ4v) is 1.79. The Kier molecular flexibility index (Phi) is 2.65. The van der Waals surface area contributed by atoms with Crippen LogP contribution in [0.25, 0.3) is 11.1 Å². The predicted molar refractivity (Wildman–Crippen MR) is 66.9 cm³/mol. The fourth-order valence-electron chi connectivity index (χ4n) is 1.56. The zero-order chi connectivity index (χ0) is 11.7. The van der Waals surface area contributed by atoms with Gasteiger partial charge in [0.05, 0.1) is 0 Å². The Bertz CT molecular complexity index is 525. The van der Waals surface area contributed by atoms with E-state index in [-0.39, 0.29) is 0 Å². The van der Waals surface area contributed by atoms with Crippen LogP contribution in [0.2, 0.25) is 5.15 Å². The van der Waals surface area contributed by atoms with E-state index in [1.54, 1.807) is 18.6 Å². The molecular formula is C12H11ClN4. The first-order valence-electron chi connectivity index (χ1n) is 5.52. The van der Waals surface area contributed by atoms with Crippen molar-refractivity contribution in [2.75, 3.05) is 5.32 Å². The average molecular weight is 247 g/mol. The van der Waals surface area contributed by atoms with E-state index in [1.807, 2.05) is 12.1 Å². The molecule has 0 unspecified atom stereocenters. The van der Waals surface area contributed by atoms with E-state index < -0.39 is 0 Å². The van der Waals surface area contributed by atoms with Gasteiger partial charge in [0.15, 0.2) is 0 Å². The highest BCUT2D eigenvalue weighted by atomic mass is 35.5. The molecule has 0 aromatic carbocycles. The third-order valence-corrected chi connectivity index (χ3v) is 2.91. The molecule has 0 amide bonds. The van der Waals surface area contributed by atoms with E-state index in [9.17, 15) is 0 Å². The molecule has 2 heterocycles. The lowest BCUT2D eigenvalue weighted by Crippen LogP contribution is -2.05. The van der Waals surface area contributed by atoms with Crippen molar-refractivity contribution in [1.82, 2.24) is 15.0 Å². The Labute approximate surface area is 104 Å². The summed E-state index contributed by atoms with van der Waals surface area (Å²) in [5.41, 5.74) is 1.73. The van der Waals surface area contributed by atoms with Crippen molar-refractivity contribution >= 4 is 17.5 Å². The Morgan fingerprint density at radius 3 is 2.82 bits per heavy atom. The van der Waals surface area contributed by atoms with Crippen molar-refractivity contribution < 1.29 is 0 Å². The highest BCUT2D eigenvalue weighted by molar-refractivity contribution is 6.32. The van der Waals surface area contributed by atoms with Crippen molar-refractivity contribution in [3.8, 4) is 11.1 Å². The third kappa shape index (κ3) is 2.36. The average Bonchev–Trinajstić information content (AvgIpc) is 3.14. The summed E-state index contributed by atoms with van der Waals surface area (Å²) in [6.07, 6.45) is 7.58. The van der Waals surface area contributed by atoms with Gasteiger partial charge in [-0.2, -0.15) is 0 Å². The Balaban J connectivity index is 1.90. The summed E-state index contributed by atoms with van der Waals surface area (Å²) in [4.78, 5) is 12.6. The molecule has 4 nitrogen and oxygen atoms in total. The molecule has 1 aliphatic carbocycles. The quantitative estimate of drug-likeness (QED) is 0.846. The van der Waals surface area contributed by atoms with E-state index in [0.29, 0.717) is 17.1 Å². The maximum atomic E-state index is 6.15. The first-order valence-corrected chi connectivity index (χ1v) is 5.90. The monoisotopic (exact) mass is 246 g/mol. The maximum Gasteiger partial charge on any atom is 0.224 e. The number of hydrogen-bond donors (Lipinski definition) is 1. The summed E-state index contributed by atoms with van der Waals surface area (Å²) in [6, 6.07) is 4.32. The third-order valence-electron chi connectivity index (χ3n) is 2.63. The lowest BCUT2D eigenvalue weighted by Gasteiger charge is -2.06. The number of pyridine rings is 1.